The number of halogens is 4. The smallest absolute Gasteiger partial charge is 0.420 e. The van der Waals surface area contributed by atoms with Gasteiger partial charge in [0.2, 0.25) is 0 Å². The summed E-state index contributed by atoms with van der Waals surface area (Å²) in [5.74, 6) is -0.113. The predicted molar refractivity (Wildman–Crippen MR) is 101 cm³/mol. The Labute approximate surface area is 162 Å². The Morgan fingerprint density at radius 3 is 2.75 bits per heavy atom. The normalized spacial score (nSPS) is 14.1. The topological polar surface area (TPSA) is 59.9 Å². The molecule has 0 saturated heterocycles. The van der Waals surface area contributed by atoms with E-state index in [1.165, 1.54) is 0 Å². The molecule has 1 aliphatic rings. The van der Waals surface area contributed by atoms with Gasteiger partial charge in [0.15, 0.2) is 0 Å². The van der Waals surface area contributed by atoms with Gasteiger partial charge in [0.1, 0.15) is 23.1 Å². The lowest BCUT2D eigenvalue weighted by Crippen LogP contribution is -2.12. The second kappa shape index (κ2) is 6.79. The van der Waals surface area contributed by atoms with Crippen molar-refractivity contribution in [2.75, 3.05) is 11.9 Å². The summed E-state index contributed by atoms with van der Waals surface area (Å²) in [6, 6.07) is 7.23. The highest BCUT2D eigenvalue weighted by Crippen LogP contribution is 2.41. The molecule has 0 radical (unpaired) electrons. The summed E-state index contributed by atoms with van der Waals surface area (Å²) in [5, 5.41) is 1.89. The van der Waals surface area contributed by atoms with Crippen LogP contribution in [-0.2, 0) is 6.18 Å². The third-order valence-electron chi connectivity index (χ3n) is 4.12. The van der Waals surface area contributed by atoms with Gasteiger partial charge in [0.25, 0.3) is 0 Å². The zero-order valence-corrected chi connectivity index (χ0v) is 15.0. The zero-order chi connectivity index (χ0) is 19.9. The van der Waals surface area contributed by atoms with E-state index in [-0.39, 0.29) is 29.3 Å². The van der Waals surface area contributed by atoms with Crippen LogP contribution in [0.25, 0.3) is 22.7 Å². The fraction of sp³-hybridized carbons (Fsp3) is 0.105. The molecule has 4 rings (SSSR count). The minimum Gasteiger partial charge on any atom is -0.459 e. The summed E-state index contributed by atoms with van der Waals surface area (Å²) in [6.45, 7) is 4.10. The summed E-state index contributed by atoms with van der Waals surface area (Å²) in [6.07, 6.45) is -0.0132. The Bertz CT molecular complexity index is 1130. The summed E-state index contributed by atoms with van der Waals surface area (Å²) in [7, 11) is 0. The molecule has 28 heavy (non-hydrogen) atoms. The lowest BCUT2D eigenvalue weighted by molar-refractivity contribution is -0.136. The third kappa shape index (κ3) is 3.27. The maximum Gasteiger partial charge on any atom is 0.420 e. The molecule has 0 atom stereocenters. The fourth-order valence-corrected chi connectivity index (χ4v) is 3.17. The summed E-state index contributed by atoms with van der Waals surface area (Å²) in [4.78, 5) is 11.8. The van der Waals surface area contributed by atoms with Crippen LogP contribution in [0, 0.1) is 0 Å². The first-order valence-electron chi connectivity index (χ1n) is 8.12. The maximum absolute atomic E-state index is 13.7. The molecule has 3 aromatic rings. The Kier molecular flexibility index (Phi) is 4.43. The van der Waals surface area contributed by atoms with Gasteiger partial charge in [-0.3, -0.25) is 0 Å². The van der Waals surface area contributed by atoms with Gasteiger partial charge in [0, 0.05) is 11.3 Å². The quantitative estimate of drug-likeness (QED) is 0.523. The lowest BCUT2D eigenvalue weighted by Gasteiger charge is -2.17. The lowest BCUT2D eigenvalue weighted by atomic mass is 10.0. The first kappa shape index (κ1) is 18.2. The SMILES string of the molecule is C=C1Nc2nc(nc3cnc(Cl)c(C(F)(F)F)c23)OCC=Cc2ccccc21. The number of ether oxygens (including phenoxy) is 1. The van der Waals surface area contributed by atoms with E-state index in [1.54, 1.807) is 18.2 Å². The van der Waals surface area contributed by atoms with Crippen molar-refractivity contribution < 1.29 is 17.9 Å². The Balaban J connectivity index is 1.98. The summed E-state index contributed by atoms with van der Waals surface area (Å²) >= 11 is 5.77. The van der Waals surface area contributed by atoms with E-state index in [2.05, 4.69) is 26.8 Å². The average Bonchev–Trinajstić information content (AvgIpc) is 2.66. The van der Waals surface area contributed by atoms with Gasteiger partial charge in [-0.15, -0.1) is 0 Å². The number of aromatic nitrogens is 3. The molecule has 3 heterocycles. The molecule has 2 bridgehead atoms. The second-order valence-corrected chi connectivity index (χ2v) is 6.30. The molecule has 1 aromatic carbocycles. The molecule has 1 N–H and O–H groups in total. The van der Waals surface area contributed by atoms with E-state index >= 15 is 0 Å². The van der Waals surface area contributed by atoms with Gasteiger partial charge < -0.3 is 10.1 Å². The van der Waals surface area contributed by atoms with Crippen LogP contribution in [0.15, 0.2) is 43.1 Å². The number of benzene rings is 1. The molecule has 0 unspecified atom stereocenters. The number of nitrogens with zero attached hydrogens (tertiary/aromatic N) is 3. The van der Waals surface area contributed by atoms with E-state index in [0.29, 0.717) is 11.3 Å². The molecular formula is C19H12ClF3N4O. The first-order chi connectivity index (χ1) is 13.3. The van der Waals surface area contributed by atoms with Crippen LogP contribution >= 0.6 is 11.6 Å². The molecule has 9 heteroatoms. The van der Waals surface area contributed by atoms with Gasteiger partial charge in [0.05, 0.1) is 17.1 Å². The maximum atomic E-state index is 13.7. The number of nitrogens with one attached hydrogen (secondary N) is 1. The number of pyridine rings is 1. The predicted octanol–water partition coefficient (Wildman–Crippen LogP) is 5.19. The number of alkyl halides is 3. The molecular weight excluding hydrogens is 393 g/mol. The minimum atomic E-state index is -4.75. The molecule has 0 spiro atoms. The van der Waals surface area contributed by atoms with Crippen molar-refractivity contribution in [2.45, 2.75) is 6.18 Å². The Hall–Kier alpha value is -3.13. The third-order valence-corrected chi connectivity index (χ3v) is 4.40. The van der Waals surface area contributed by atoms with Gasteiger partial charge in [-0.25, -0.2) is 4.98 Å². The zero-order valence-electron chi connectivity index (χ0n) is 14.2. The highest BCUT2D eigenvalue weighted by atomic mass is 35.5. The van der Waals surface area contributed by atoms with Crippen molar-refractivity contribution in [2.24, 2.45) is 0 Å². The van der Waals surface area contributed by atoms with Crippen LogP contribution in [0.3, 0.4) is 0 Å². The largest absolute Gasteiger partial charge is 0.459 e. The Morgan fingerprint density at radius 1 is 1.18 bits per heavy atom. The molecule has 0 saturated carbocycles. The van der Waals surface area contributed by atoms with E-state index in [0.717, 1.165) is 11.8 Å². The first-order valence-corrected chi connectivity index (χ1v) is 8.50. The van der Waals surface area contributed by atoms with Crippen LogP contribution in [0.1, 0.15) is 16.7 Å². The van der Waals surface area contributed by atoms with E-state index in [9.17, 15) is 13.2 Å². The molecule has 1 aliphatic heterocycles. The standard InChI is InChI=1S/C19H12ClF3N4O/c1-10-12-7-3-2-5-11(12)6-4-8-28-18-26-13-9-24-16(20)15(19(21,22)23)14(13)17(25-10)27-18/h2-7,9H,1,8H2,(H,25,26,27). The number of anilines is 1. The molecule has 0 fully saturated rings. The van der Waals surface area contributed by atoms with Crippen molar-refractivity contribution in [3.05, 3.63) is 65.0 Å². The van der Waals surface area contributed by atoms with Gasteiger partial charge in [-0.1, -0.05) is 48.5 Å². The van der Waals surface area contributed by atoms with Gasteiger partial charge in [-0.05, 0) is 11.6 Å². The monoisotopic (exact) mass is 404 g/mol. The highest BCUT2D eigenvalue weighted by Gasteiger charge is 2.38. The molecule has 0 aliphatic carbocycles. The van der Waals surface area contributed by atoms with Crippen molar-refractivity contribution >= 4 is 40.1 Å². The van der Waals surface area contributed by atoms with E-state index < -0.39 is 16.9 Å². The molecule has 5 nitrogen and oxygen atoms in total. The summed E-state index contributed by atoms with van der Waals surface area (Å²) in [5.41, 5.74) is 0.742. The summed E-state index contributed by atoms with van der Waals surface area (Å²) < 4.78 is 46.5. The molecule has 2 aromatic heterocycles. The Morgan fingerprint density at radius 2 is 1.96 bits per heavy atom. The van der Waals surface area contributed by atoms with E-state index in [4.69, 9.17) is 16.3 Å². The van der Waals surface area contributed by atoms with Crippen LogP contribution in [0.4, 0.5) is 19.0 Å². The van der Waals surface area contributed by atoms with Crippen molar-refractivity contribution in [1.29, 1.82) is 0 Å². The van der Waals surface area contributed by atoms with Crippen LogP contribution in [0.5, 0.6) is 6.01 Å². The van der Waals surface area contributed by atoms with Crippen LogP contribution in [-0.4, -0.2) is 21.6 Å². The van der Waals surface area contributed by atoms with Gasteiger partial charge >= 0.3 is 12.2 Å². The number of hydrogen-bond donors (Lipinski definition) is 1. The average molecular weight is 405 g/mol. The van der Waals surface area contributed by atoms with E-state index in [1.807, 2.05) is 18.2 Å². The van der Waals surface area contributed by atoms with Crippen LogP contribution in [0.2, 0.25) is 5.15 Å². The number of rotatable bonds is 0. The van der Waals surface area contributed by atoms with Crippen molar-refractivity contribution in [1.82, 2.24) is 15.0 Å². The molecule has 0 amide bonds. The molecule has 142 valence electrons. The number of fused-ring (bicyclic) bond motifs is 5. The number of hydrogen-bond acceptors (Lipinski definition) is 5. The van der Waals surface area contributed by atoms with Gasteiger partial charge in [-0.2, -0.15) is 23.1 Å². The van der Waals surface area contributed by atoms with Crippen LogP contribution < -0.4 is 10.1 Å². The van der Waals surface area contributed by atoms with Crippen molar-refractivity contribution in [3.8, 4) is 6.01 Å². The minimum absolute atomic E-state index is 0.0477. The van der Waals surface area contributed by atoms with Crippen molar-refractivity contribution in [3.63, 3.8) is 0 Å². The fourth-order valence-electron chi connectivity index (χ4n) is 2.92. The second-order valence-electron chi connectivity index (χ2n) is 5.94. The highest BCUT2D eigenvalue weighted by molar-refractivity contribution is 6.31.